The van der Waals surface area contributed by atoms with Crippen molar-refractivity contribution in [2.75, 3.05) is 26.3 Å². The lowest BCUT2D eigenvalue weighted by molar-refractivity contribution is -0.118. The second-order valence-electron chi connectivity index (χ2n) is 8.48. The maximum Gasteiger partial charge on any atom is 0.414 e. The molecule has 5 nitrogen and oxygen atoms in total. The number of rotatable bonds is 4. The monoisotopic (exact) mass is 477 g/mol. The Labute approximate surface area is 199 Å². The summed E-state index contributed by atoms with van der Waals surface area (Å²) in [6.07, 6.45) is 6.29. The van der Waals surface area contributed by atoms with Crippen LogP contribution >= 0.6 is 0 Å². The van der Waals surface area contributed by atoms with Crippen molar-refractivity contribution >= 4 is 5.91 Å². The SMILES string of the molecule is CC.CC(=O)NCC1=CNCC(C(F)(F)F)=C1.CC1COCCC1NC1CCCC1.CCC. The van der Waals surface area contributed by atoms with Crippen LogP contribution in [-0.4, -0.2) is 50.5 Å². The quantitative estimate of drug-likeness (QED) is 0.501. The van der Waals surface area contributed by atoms with Gasteiger partial charge in [0.15, 0.2) is 0 Å². The van der Waals surface area contributed by atoms with E-state index in [4.69, 9.17) is 4.74 Å². The summed E-state index contributed by atoms with van der Waals surface area (Å²) < 4.78 is 42.3. The molecule has 2 aliphatic heterocycles. The summed E-state index contributed by atoms with van der Waals surface area (Å²) in [6, 6.07) is 1.53. The van der Waals surface area contributed by atoms with Crippen molar-refractivity contribution in [2.24, 2.45) is 5.92 Å². The molecule has 1 saturated carbocycles. The first-order chi connectivity index (χ1) is 15.7. The summed E-state index contributed by atoms with van der Waals surface area (Å²) in [5.74, 6) is 0.429. The molecule has 8 heteroatoms. The highest BCUT2D eigenvalue weighted by Crippen LogP contribution is 2.27. The maximum absolute atomic E-state index is 12.3. The Morgan fingerprint density at radius 1 is 1.18 bits per heavy atom. The number of hydrogen-bond donors (Lipinski definition) is 3. The molecule has 194 valence electrons. The first-order valence-corrected chi connectivity index (χ1v) is 12.5. The normalized spacial score (nSPS) is 22.6. The van der Waals surface area contributed by atoms with Gasteiger partial charge in [0.2, 0.25) is 5.91 Å². The van der Waals surface area contributed by atoms with Gasteiger partial charge in [-0.1, -0.05) is 53.9 Å². The summed E-state index contributed by atoms with van der Waals surface area (Å²) >= 11 is 0. The van der Waals surface area contributed by atoms with Gasteiger partial charge in [-0.15, -0.1) is 0 Å². The predicted octanol–water partition coefficient (Wildman–Crippen LogP) is 5.48. The maximum atomic E-state index is 12.3. The van der Waals surface area contributed by atoms with Crippen molar-refractivity contribution in [3.05, 3.63) is 23.4 Å². The van der Waals surface area contributed by atoms with E-state index in [2.05, 4.69) is 36.7 Å². The summed E-state index contributed by atoms with van der Waals surface area (Å²) in [7, 11) is 0. The fourth-order valence-electron chi connectivity index (χ4n) is 3.64. The number of dihydropyridines is 1. The van der Waals surface area contributed by atoms with Crippen molar-refractivity contribution < 1.29 is 22.7 Å². The van der Waals surface area contributed by atoms with Gasteiger partial charge in [0.05, 0.1) is 12.2 Å². The standard InChI is InChI=1S/C11H21NO.C9H11F3N2O.C3H8.C2H6/c1-9-8-13-7-6-11(9)12-10-4-2-3-5-10;1-6(15)14-4-7-2-8(5-13-3-7)9(10,11)12;1-3-2;1-2/h9-12H,2-8H2,1H3;2-3,13H,4-5H2,1H3,(H,14,15);3H2,1-2H3;1-2H3. The summed E-state index contributed by atoms with van der Waals surface area (Å²) in [4.78, 5) is 10.6. The van der Waals surface area contributed by atoms with Crippen molar-refractivity contribution in [3.63, 3.8) is 0 Å². The molecule has 0 aromatic carbocycles. The van der Waals surface area contributed by atoms with E-state index >= 15 is 0 Å². The number of alkyl halides is 3. The zero-order valence-corrected chi connectivity index (χ0v) is 21.4. The average Bonchev–Trinajstić information content (AvgIpc) is 3.29. The highest BCUT2D eigenvalue weighted by Gasteiger charge is 2.34. The van der Waals surface area contributed by atoms with Crippen LogP contribution in [0.5, 0.6) is 0 Å². The number of carbonyl (C=O) groups is 1. The minimum Gasteiger partial charge on any atom is -0.387 e. The first kappa shape index (κ1) is 31.5. The highest BCUT2D eigenvalue weighted by atomic mass is 19.4. The van der Waals surface area contributed by atoms with Crippen LogP contribution in [0.15, 0.2) is 23.4 Å². The summed E-state index contributed by atoms with van der Waals surface area (Å²) in [6.45, 7) is 13.6. The lowest BCUT2D eigenvalue weighted by Gasteiger charge is -2.32. The van der Waals surface area contributed by atoms with Gasteiger partial charge in [-0.3, -0.25) is 4.79 Å². The third kappa shape index (κ3) is 14.4. The Hall–Kier alpha value is -1.54. The summed E-state index contributed by atoms with van der Waals surface area (Å²) in [5.41, 5.74) is -0.228. The van der Waals surface area contributed by atoms with Gasteiger partial charge in [0.25, 0.3) is 0 Å². The second-order valence-corrected chi connectivity index (χ2v) is 8.48. The zero-order valence-electron chi connectivity index (χ0n) is 21.4. The van der Waals surface area contributed by atoms with Crippen LogP contribution in [0.3, 0.4) is 0 Å². The molecular formula is C25H46F3N3O2. The van der Waals surface area contributed by atoms with Crippen LogP contribution in [0.1, 0.15) is 80.1 Å². The minimum atomic E-state index is -4.32. The van der Waals surface area contributed by atoms with E-state index < -0.39 is 11.7 Å². The summed E-state index contributed by atoms with van der Waals surface area (Å²) in [5, 5.41) is 8.73. The minimum absolute atomic E-state index is 0.0991. The number of amides is 1. The van der Waals surface area contributed by atoms with E-state index in [0.29, 0.717) is 11.5 Å². The zero-order chi connectivity index (χ0) is 25.3. The van der Waals surface area contributed by atoms with Gasteiger partial charge in [-0.2, -0.15) is 13.2 Å². The largest absolute Gasteiger partial charge is 0.414 e. The number of hydrogen-bond acceptors (Lipinski definition) is 4. The lowest BCUT2D eigenvalue weighted by Crippen LogP contribution is -2.45. The van der Waals surface area contributed by atoms with Gasteiger partial charge < -0.3 is 20.7 Å². The molecule has 0 spiro atoms. The first-order valence-electron chi connectivity index (χ1n) is 12.5. The third-order valence-corrected chi connectivity index (χ3v) is 5.29. The van der Waals surface area contributed by atoms with E-state index in [0.717, 1.165) is 31.4 Å². The number of halogens is 3. The molecule has 33 heavy (non-hydrogen) atoms. The van der Waals surface area contributed by atoms with Crippen LogP contribution < -0.4 is 16.0 Å². The molecule has 0 radical (unpaired) electrons. The highest BCUT2D eigenvalue weighted by molar-refractivity contribution is 5.73. The topological polar surface area (TPSA) is 62.4 Å². The van der Waals surface area contributed by atoms with Gasteiger partial charge in [0, 0.05) is 44.9 Å². The lowest BCUT2D eigenvalue weighted by atomic mass is 9.97. The molecule has 0 aromatic heterocycles. The molecule has 2 heterocycles. The van der Waals surface area contributed by atoms with Gasteiger partial charge in [0.1, 0.15) is 0 Å². The van der Waals surface area contributed by atoms with Gasteiger partial charge >= 0.3 is 6.18 Å². The molecule has 1 saturated heterocycles. The number of ether oxygens (including phenoxy) is 1. The second kappa shape index (κ2) is 17.9. The predicted molar refractivity (Wildman–Crippen MR) is 130 cm³/mol. The Morgan fingerprint density at radius 3 is 2.30 bits per heavy atom. The van der Waals surface area contributed by atoms with E-state index in [1.807, 2.05) is 13.8 Å². The molecule has 2 unspecified atom stereocenters. The van der Waals surface area contributed by atoms with Crippen molar-refractivity contribution in [3.8, 4) is 0 Å². The van der Waals surface area contributed by atoms with Crippen LogP contribution in [0.25, 0.3) is 0 Å². The molecule has 3 N–H and O–H groups in total. The molecule has 0 aromatic rings. The Morgan fingerprint density at radius 2 is 1.79 bits per heavy atom. The molecule has 2 atom stereocenters. The van der Waals surface area contributed by atoms with Crippen LogP contribution in [-0.2, 0) is 9.53 Å². The van der Waals surface area contributed by atoms with Crippen molar-refractivity contribution in [2.45, 2.75) is 98.3 Å². The van der Waals surface area contributed by atoms with Crippen molar-refractivity contribution in [1.82, 2.24) is 16.0 Å². The smallest absolute Gasteiger partial charge is 0.387 e. The van der Waals surface area contributed by atoms with E-state index in [9.17, 15) is 18.0 Å². The molecule has 1 aliphatic carbocycles. The molecule has 1 amide bonds. The molecule has 2 fully saturated rings. The van der Waals surface area contributed by atoms with Crippen LogP contribution in [0.2, 0.25) is 0 Å². The fourth-order valence-corrected chi connectivity index (χ4v) is 3.64. The Bertz CT molecular complexity index is 586. The third-order valence-electron chi connectivity index (χ3n) is 5.29. The number of nitrogens with one attached hydrogen (secondary N) is 3. The molecular weight excluding hydrogens is 431 g/mol. The van der Waals surface area contributed by atoms with Crippen LogP contribution in [0, 0.1) is 5.92 Å². The Balaban J connectivity index is 0.000000522. The van der Waals surface area contributed by atoms with E-state index in [1.165, 1.54) is 51.6 Å². The molecule has 0 bridgehead atoms. The Kier molecular flexibility index (Phi) is 17.0. The average molecular weight is 478 g/mol. The van der Waals surface area contributed by atoms with E-state index in [-0.39, 0.29) is 19.0 Å². The van der Waals surface area contributed by atoms with E-state index in [1.54, 1.807) is 0 Å². The van der Waals surface area contributed by atoms with Crippen LogP contribution in [0.4, 0.5) is 13.2 Å². The number of carbonyl (C=O) groups excluding carboxylic acids is 1. The van der Waals surface area contributed by atoms with Crippen molar-refractivity contribution in [1.29, 1.82) is 0 Å². The molecule has 3 rings (SSSR count). The fraction of sp³-hybridized carbons (Fsp3) is 0.800. The van der Waals surface area contributed by atoms with Gasteiger partial charge in [-0.25, -0.2) is 0 Å². The molecule has 3 aliphatic rings. The van der Waals surface area contributed by atoms with Gasteiger partial charge in [-0.05, 0) is 36.8 Å².